The van der Waals surface area contributed by atoms with Crippen molar-refractivity contribution < 1.29 is 0 Å². The highest BCUT2D eigenvalue weighted by Crippen LogP contribution is 2.49. The molecule has 0 saturated carbocycles. The predicted molar refractivity (Wildman–Crippen MR) is 133 cm³/mol. The van der Waals surface area contributed by atoms with E-state index in [1.807, 2.05) is 0 Å². The topological polar surface area (TPSA) is 0 Å². The highest BCUT2D eigenvalue weighted by atomic mass is 79.9. The van der Waals surface area contributed by atoms with Crippen molar-refractivity contribution in [1.82, 2.24) is 0 Å². The van der Waals surface area contributed by atoms with Crippen molar-refractivity contribution in [3.63, 3.8) is 0 Å². The van der Waals surface area contributed by atoms with Crippen molar-refractivity contribution in [3.05, 3.63) is 136 Å². The van der Waals surface area contributed by atoms with Gasteiger partial charge < -0.3 is 0 Å². The van der Waals surface area contributed by atoms with Gasteiger partial charge in [-0.1, -0.05) is 107 Å². The molecule has 0 aliphatic heterocycles. The second-order valence-electron chi connectivity index (χ2n) is 7.55. The van der Waals surface area contributed by atoms with Crippen LogP contribution in [-0.2, 0) is 5.41 Å². The minimum absolute atomic E-state index is 0.217. The van der Waals surface area contributed by atoms with Crippen LogP contribution in [0.1, 0.15) is 23.1 Å². The van der Waals surface area contributed by atoms with E-state index in [9.17, 15) is 0 Å². The van der Waals surface area contributed by atoms with Gasteiger partial charge in [0, 0.05) is 14.8 Å². The summed E-state index contributed by atoms with van der Waals surface area (Å²) in [5.41, 5.74) is 6.31. The fourth-order valence-corrected chi connectivity index (χ4v) is 5.43. The normalized spacial score (nSPS) is 18.2. The molecule has 1 aliphatic carbocycles. The quantitative estimate of drug-likeness (QED) is 0.281. The Labute approximate surface area is 190 Å². The number of hydrogen-bond acceptors (Lipinski definition) is 1. The molecule has 0 nitrogen and oxygen atoms in total. The second-order valence-corrected chi connectivity index (χ2v) is 9.41. The van der Waals surface area contributed by atoms with Crippen LogP contribution >= 0.6 is 27.3 Å². The van der Waals surface area contributed by atoms with E-state index in [4.69, 9.17) is 0 Å². The van der Waals surface area contributed by atoms with E-state index in [-0.39, 0.29) is 5.41 Å². The summed E-state index contributed by atoms with van der Waals surface area (Å²) in [6.07, 6.45) is 7.71. The van der Waals surface area contributed by atoms with Gasteiger partial charge in [-0.15, -0.1) is 11.3 Å². The Bertz CT molecular complexity index is 1180. The van der Waals surface area contributed by atoms with Gasteiger partial charge in [0.1, 0.15) is 0 Å². The third-order valence-corrected chi connectivity index (χ3v) is 7.34. The lowest BCUT2D eigenvalue weighted by Gasteiger charge is -2.39. The molecule has 0 amide bonds. The molecule has 2 heteroatoms. The molecular weight excluding hydrogens is 448 g/mol. The van der Waals surface area contributed by atoms with Crippen LogP contribution < -0.4 is 0 Å². The summed E-state index contributed by atoms with van der Waals surface area (Å²) in [4.78, 5) is 1.31. The van der Waals surface area contributed by atoms with Crippen LogP contribution in [0, 0.1) is 0 Å². The van der Waals surface area contributed by atoms with Gasteiger partial charge >= 0.3 is 0 Å². The Kier molecular flexibility index (Phi) is 5.28. The first-order valence-electron chi connectivity index (χ1n) is 10.1. The Morgan fingerprint density at radius 2 is 1.40 bits per heavy atom. The molecule has 3 aromatic carbocycles. The number of rotatable bonds is 4. The van der Waals surface area contributed by atoms with Crippen molar-refractivity contribution in [2.75, 3.05) is 0 Å². The van der Waals surface area contributed by atoms with Crippen LogP contribution in [0.15, 0.2) is 119 Å². The minimum Gasteiger partial charge on any atom is -0.144 e. The van der Waals surface area contributed by atoms with Crippen LogP contribution in [0.2, 0.25) is 0 Å². The molecular formula is C28H21BrS. The van der Waals surface area contributed by atoms with E-state index in [0.29, 0.717) is 0 Å². The zero-order chi connectivity index (χ0) is 20.4. The predicted octanol–water partition coefficient (Wildman–Crippen LogP) is 8.51. The first-order valence-corrected chi connectivity index (χ1v) is 11.8. The van der Waals surface area contributed by atoms with E-state index in [0.717, 1.165) is 10.9 Å². The highest BCUT2D eigenvalue weighted by molar-refractivity contribution is 9.10. The molecule has 4 aromatic rings. The molecule has 0 radical (unpaired) electrons. The van der Waals surface area contributed by atoms with Crippen molar-refractivity contribution in [1.29, 1.82) is 0 Å². The van der Waals surface area contributed by atoms with Crippen LogP contribution in [-0.4, -0.2) is 0 Å². The molecule has 0 N–H and O–H groups in total. The SMILES string of the molecule is Brc1ccc(C2(c3ccc(-c4cccs4)cc3)CC=CC=C2c2ccccc2)cc1. The van der Waals surface area contributed by atoms with Gasteiger partial charge in [-0.05, 0) is 57.8 Å². The Morgan fingerprint density at radius 1 is 0.700 bits per heavy atom. The maximum Gasteiger partial charge on any atom is 0.0491 e. The van der Waals surface area contributed by atoms with Crippen molar-refractivity contribution in [2.45, 2.75) is 11.8 Å². The van der Waals surface area contributed by atoms with Crippen LogP contribution in [0.25, 0.3) is 16.0 Å². The molecule has 0 spiro atoms. The third-order valence-electron chi connectivity index (χ3n) is 5.89. The van der Waals surface area contributed by atoms with Gasteiger partial charge in [-0.3, -0.25) is 0 Å². The van der Waals surface area contributed by atoms with E-state index in [1.54, 1.807) is 11.3 Å². The molecule has 1 unspecified atom stereocenters. The van der Waals surface area contributed by atoms with Crippen molar-refractivity contribution >= 4 is 32.8 Å². The maximum atomic E-state index is 3.61. The summed E-state index contributed by atoms with van der Waals surface area (Å²) in [5.74, 6) is 0. The highest BCUT2D eigenvalue weighted by Gasteiger charge is 2.38. The lowest BCUT2D eigenvalue weighted by molar-refractivity contribution is 0.668. The fraction of sp³-hybridized carbons (Fsp3) is 0.0714. The summed E-state index contributed by atoms with van der Waals surface area (Å²) in [6, 6.07) is 33.0. The molecule has 1 aliphatic rings. The third kappa shape index (κ3) is 3.40. The summed E-state index contributed by atoms with van der Waals surface area (Å²) in [6.45, 7) is 0. The Morgan fingerprint density at radius 3 is 2.07 bits per heavy atom. The van der Waals surface area contributed by atoms with Crippen LogP contribution in [0.3, 0.4) is 0 Å². The molecule has 0 bridgehead atoms. The molecule has 0 saturated heterocycles. The zero-order valence-electron chi connectivity index (χ0n) is 16.5. The lowest BCUT2D eigenvalue weighted by atomic mass is 9.63. The fourth-order valence-electron chi connectivity index (χ4n) is 4.43. The smallest absolute Gasteiger partial charge is 0.0491 e. The molecule has 0 fully saturated rings. The first-order chi connectivity index (χ1) is 14.8. The lowest BCUT2D eigenvalue weighted by Crippen LogP contribution is -2.30. The monoisotopic (exact) mass is 468 g/mol. The average molecular weight is 469 g/mol. The number of allylic oxidation sites excluding steroid dienone is 4. The van der Waals surface area contributed by atoms with Gasteiger partial charge in [0.05, 0.1) is 0 Å². The standard InChI is InChI=1S/C28H21BrS/c29-25-17-15-24(16-18-25)28(19-5-4-9-26(28)21-7-2-1-3-8-21)23-13-11-22(12-14-23)27-10-6-20-30-27/h1-18,20H,19H2. The summed E-state index contributed by atoms with van der Waals surface area (Å²) in [5, 5.41) is 2.13. The second kappa shape index (κ2) is 8.22. The molecule has 1 aromatic heterocycles. The van der Waals surface area contributed by atoms with Crippen molar-refractivity contribution in [3.8, 4) is 10.4 Å². The zero-order valence-corrected chi connectivity index (χ0v) is 18.9. The molecule has 1 heterocycles. The average Bonchev–Trinajstić information content (AvgIpc) is 3.35. The Balaban J connectivity index is 1.70. The van der Waals surface area contributed by atoms with Crippen LogP contribution in [0.4, 0.5) is 0 Å². The van der Waals surface area contributed by atoms with Gasteiger partial charge in [0.2, 0.25) is 0 Å². The van der Waals surface area contributed by atoms with Crippen molar-refractivity contribution in [2.24, 2.45) is 0 Å². The molecule has 5 rings (SSSR count). The van der Waals surface area contributed by atoms with E-state index in [2.05, 4.69) is 131 Å². The van der Waals surface area contributed by atoms with Gasteiger partial charge in [-0.2, -0.15) is 0 Å². The molecule has 146 valence electrons. The molecule has 30 heavy (non-hydrogen) atoms. The number of hydrogen-bond donors (Lipinski definition) is 0. The summed E-state index contributed by atoms with van der Waals surface area (Å²) < 4.78 is 1.10. The van der Waals surface area contributed by atoms with E-state index in [1.165, 1.54) is 32.7 Å². The molecule has 1 atom stereocenters. The number of thiophene rings is 1. The maximum absolute atomic E-state index is 3.61. The largest absolute Gasteiger partial charge is 0.144 e. The number of benzene rings is 3. The Hall–Kier alpha value is -2.68. The van der Waals surface area contributed by atoms with E-state index >= 15 is 0 Å². The van der Waals surface area contributed by atoms with Gasteiger partial charge in [0.15, 0.2) is 0 Å². The van der Waals surface area contributed by atoms with Gasteiger partial charge in [-0.25, -0.2) is 0 Å². The summed E-state index contributed by atoms with van der Waals surface area (Å²) in [7, 11) is 0. The number of halogens is 1. The summed E-state index contributed by atoms with van der Waals surface area (Å²) >= 11 is 5.39. The minimum atomic E-state index is -0.217. The first kappa shape index (κ1) is 19.3. The van der Waals surface area contributed by atoms with Crippen LogP contribution in [0.5, 0.6) is 0 Å². The van der Waals surface area contributed by atoms with Gasteiger partial charge in [0.25, 0.3) is 0 Å². The van der Waals surface area contributed by atoms with E-state index < -0.39 is 0 Å².